The van der Waals surface area contributed by atoms with Crippen molar-refractivity contribution in [1.82, 2.24) is 4.98 Å². The summed E-state index contributed by atoms with van der Waals surface area (Å²) in [6.45, 7) is 0. The van der Waals surface area contributed by atoms with Gasteiger partial charge in [-0.05, 0) is 29.0 Å². The van der Waals surface area contributed by atoms with Gasteiger partial charge in [0.1, 0.15) is 5.75 Å². The average molecular weight is 266 g/mol. The molecule has 0 unspecified atom stereocenters. The first-order chi connectivity index (χ1) is 9.76. The lowest BCUT2D eigenvalue weighted by Gasteiger charge is -2.09. The van der Waals surface area contributed by atoms with E-state index < -0.39 is 0 Å². The molecule has 0 radical (unpaired) electrons. The zero-order chi connectivity index (χ0) is 13.9. The van der Waals surface area contributed by atoms with Gasteiger partial charge in [-0.3, -0.25) is 0 Å². The maximum atomic E-state index is 5.86. The Labute approximate surface area is 116 Å². The van der Waals surface area contributed by atoms with Crippen LogP contribution in [0.25, 0.3) is 10.8 Å². The minimum absolute atomic E-state index is 0.347. The lowest BCUT2D eigenvalue weighted by molar-refractivity contribution is 0.384. The van der Waals surface area contributed by atoms with Gasteiger partial charge in [0.25, 0.3) is 0 Å². The Morgan fingerprint density at radius 1 is 0.950 bits per heavy atom. The minimum atomic E-state index is 0.347. The standard InChI is InChI=1S/C16H14N2O2/c1-19-15-9-8-14(17)16(18-15)20-13-7-6-11-4-2-3-5-12(11)10-13/h2-10H,17H2,1H3. The molecule has 4 heteroatoms. The predicted octanol–water partition coefficient (Wildman–Crippen LogP) is 3.62. The molecule has 0 saturated heterocycles. The first kappa shape index (κ1) is 12.3. The first-order valence-electron chi connectivity index (χ1n) is 6.23. The van der Waals surface area contributed by atoms with Gasteiger partial charge in [-0.15, -0.1) is 0 Å². The third kappa shape index (κ3) is 2.36. The third-order valence-corrected chi connectivity index (χ3v) is 3.01. The molecule has 20 heavy (non-hydrogen) atoms. The highest BCUT2D eigenvalue weighted by Gasteiger charge is 2.06. The second kappa shape index (κ2) is 5.09. The van der Waals surface area contributed by atoms with Gasteiger partial charge in [-0.25, -0.2) is 0 Å². The van der Waals surface area contributed by atoms with Gasteiger partial charge >= 0.3 is 0 Å². The Kier molecular flexibility index (Phi) is 3.13. The summed E-state index contributed by atoms with van der Waals surface area (Å²) in [6, 6.07) is 17.3. The quantitative estimate of drug-likeness (QED) is 0.786. The average Bonchev–Trinajstić information content (AvgIpc) is 2.49. The van der Waals surface area contributed by atoms with Crippen LogP contribution < -0.4 is 15.2 Å². The Morgan fingerprint density at radius 3 is 2.55 bits per heavy atom. The number of anilines is 1. The number of fused-ring (bicyclic) bond motifs is 1. The fourth-order valence-electron chi connectivity index (χ4n) is 1.97. The van der Waals surface area contributed by atoms with Crippen molar-refractivity contribution in [2.45, 2.75) is 0 Å². The second-order valence-corrected chi connectivity index (χ2v) is 4.36. The SMILES string of the molecule is COc1ccc(N)c(Oc2ccc3ccccc3c2)n1. The summed E-state index contributed by atoms with van der Waals surface area (Å²) in [5, 5.41) is 2.26. The van der Waals surface area contributed by atoms with Crippen LogP contribution in [-0.2, 0) is 0 Å². The third-order valence-electron chi connectivity index (χ3n) is 3.01. The van der Waals surface area contributed by atoms with Crippen LogP contribution in [0.1, 0.15) is 0 Å². The summed E-state index contributed by atoms with van der Waals surface area (Å²) in [4.78, 5) is 4.20. The van der Waals surface area contributed by atoms with Gasteiger partial charge in [0, 0.05) is 6.07 Å². The highest BCUT2D eigenvalue weighted by Crippen LogP contribution is 2.29. The van der Waals surface area contributed by atoms with E-state index in [4.69, 9.17) is 15.2 Å². The van der Waals surface area contributed by atoms with E-state index in [1.54, 1.807) is 19.2 Å². The molecule has 0 atom stereocenters. The predicted molar refractivity (Wildman–Crippen MR) is 79.2 cm³/mol. The molecule has 0 fully saturated rings. The van der Waals surface area contributed by atoms with Crippen LogP contribution in [0.2, 0.25) is 0 Å². The molecule has 0 aliphatic rings. The molecule has 0 saturated carbocycles. The van der Waals surface area contributed by atoms with Crippen LogP contribution in [0, 0.1) is 0 Å². The number of nitrogens with two attached hydrogens (primary N) is 1. The highest BCUT2D eigenvalue weighted by molar-refractivity contribution is 5.83. The number of pyridine rings is 1. The number of nitrogen functional groups attached to an aromatic ring is 1. The number of methoxy groups -OCH3 is 1. The van der Waals surface area contributed by atoms with Crippen molar-refractivity contribution in [3.8, 4) is 17.5 Å². The zero-order valence-corrected chi connectivity index (χ0v) is 11.0. The van der Waals surface area contributed by atoms with Crippen LogP contribution in [0.15, 0.2) is 54.6 Å². The van der Waals surface area contributed by atoms with Crippen molar-refractivity contribution >= 4 is 16.5 Å². The summed E-state index contributed by atoms with van der Waals surface area (Å²) < 4.78 is 10.8. The van der Waals surface area contributed by atoms with E-state index in [9.17, 15) is 0 Å². The molecular formula is C16H14N2O2. The summed E-state index contributed by atoms with van der Waals surface area (Å²) >= 11 is 0. The normalized spacial score (nSPS) is 10.4. The Hall–Kier alpha value is -2.75. The molecule has 3 aromatic rings. The fraction of sp³-hybridized carbons (Fsp3) is 0.0625. The summed E-state index contributed by atoms with van der Waals surface area (Å²) in [6.07, 6.45) is 0. The van der Waals surface area contributed by atoms with Crippen LogP contribution >= 0.6 is 0 Å². The van der Waals surface area contributed by atoms with E-state index in [0.717, 1.165) is 10.8 Å². The smallest absolute Gasteiger partial charge is 0.246 e. The maximum absolute atomic E-state index is 5.86. The molecule has 0 aliphatic heterocycles. The molecule has 0 aliphatic carbocycles. The van der Waals surface area contributed by atoms with Gasteiger partial charge in [0.15, 0.2) is 0 Å². The fourth-order valence-corrected chi connectivity index (χ4v) is 1.97. The molecule has 0 amide bonds. The largest absolute Gasteiger partial charge is 0.481 e. The lowest BCUT2D eigenvalue weighted by atomic mass is 10.1. The summed E-state index contributed by atoms with van der Waals surface area (Å²) in [7, 11) is 1.55. The van der Waals surface area contributed by atoms with E-state index in [2.05, 4.69) is 11.1 Å². The van der Waals surface area contributed by atoms with Crippen LogP contribution in [0.4, 0.5) is 5.69 Å². The van der Waals surface area contributed by atoms with E-state index in [0.29, 0.717) is 23.2 Å². The number of nitrogens with zero attached hydrogens (tertiary/aromatic N) is 1. The summed E-state index contributed by atoms with van der Waals surface area (Å²) in [5.41, 5.74) is 6.33. The van der Waals surface area contributed by atoms with E-state index in [-0.39, 0.29) is 0 Å². The Morgan fingerprint density at radius 2 is 1.75 bits per heavy atom. The molecule has 2 N–H and O–H groups in total. The van der Waals surface area contributed by atoms with Gasteiger partial charge in [-0.1, -0.05) is 30.3 Å². The van der Waals surface area contributed by atoms with Crippen molar-refractivity contribution in [3.05, 3.63) is 54.6 Å². The van der Waals surface area contributed by atoms with Crippen molar-refractivity contribution in [1.29, 1.82) is 0 Å². The molecule has 1 heterocycles. The molecule has 0 spiro atoms. The minimum Gasteiger partial charge on any atom is -0.481 e. The number of rotatable bonds is 3. The van der Waals surface area contributed by atoms with Gasteiger partial charge in [-0.2, -0.15) is 4.98 Å². The van der Waals surface area contributed by atoms with Crippen LogP contribution in [-0.4, -0.2) is 12.1 Å². The number of ether oxygens (including phenoxy) is 2. The first-order valence-corrected chi connectivity index (χ1v) is 6.23. The molecule has 3 rings (SSSR count). The van der Waals surface area contributed by atoms with E-state index in [1.165, 1.54) is 0 Å². The maximum Gasteiger partial charge on any atom is 0.246 e. The number of benzene rings is 2. The zero-order valence-electron chi connectivity index (χ0n) is 11.0. The van der Waals surface area contributed by atoms with Crippen molar-refractivity contribution < 1.29 is 9.47 Å². The van der Waals surface area contributed by atoms with E-state index in [1.807, 2.05) is 36.4 Å². The van der Waals surface area contributed by atoms with Crippen LogP contribution in [0.3, 0.4) is 0 Å². The molecule has 0 bridgehead atoms. The number of hydrogen-bond donors (Lipinski definition) is 1. The van der Waals surface area contributed by atoms with Crippen molar-refractivity contribution in [2.24, 2.45) is 0 Å². The monoisotopic (exact) mass is 266 g/mol. The molecule has 4 nitrogen and oxygen atoms in total. The lowest BCUT2D eigenvalue weighted by Crippen LogP contribution is -1.97. The van der Waals surface area contributed by atoms with Gasteiger partial charge < -0.3 is 15.2 Å². The number of hydrogen-bond acceptors (Lipinski definition) is 4. The van der Waals surface area contributed by atoms with Crippen molar-refractivity contribution in [3.63, 3.8) is 0 Å². The van der Waals surface area contributed by atoms with Crippen LogP contribution in [0.5, 0.6) is 17.5 Å². The molecular weight excluding hydrogens is 252 g/mol. The van der Waals surface area contributed by atoms with Gasteiger partial charge in [0.2, 0.25) is 11.8 Å². The topological polar surface area (TPSA) is 57.4 Å². The Bertz CT molecular complexity index is 756. The molecule has 2 aromatic carbocycles. The van der Waals surface area contributed by atoms with E-state index >= 15 is 0 Å². The van der Waals surface area contributed by atoms with Gasteiger partial charge in [0.05, 0.1) is 12.8 Å². The highest BCUT2D eigenvalue weighted by atomic mass is 16.5. The summed E-state index contributed by atoms with van der Waals surface area (Å²) in [5.74, 6) is 1.51. The molecule has 100 valence electrons. The molecule has 1 aromatic heterocycles. The van der Waals surface area contributed by atoms with Crippen molar-refractivity contribution in [2.75, 3.05) is 12.8 Å². The second-order valence-electron chi connectivity index (χ2n) is 4.36. The Balaban J connectivity index is 1.96. The number of aromatic nitrogens is 1.